The van der Waals surface area contributed by atoms with Crippen molar-refractivity contribution < 1.29 is 4.79 Å². The number of hydrogen-bond donors (Lipinski definition) is 2. The molecule has 0 saturated carbocycles. The normalized spacial score (nSPS) is 11.4. The number of halogens is 1. The van der Waals surface area contributed by atoms with E-state index in [9.17, 15) is 4.79 Å². The molecule has 0 bridgehead atoms. The summed E-state index contributed by atoms with van der Waals surface area (Å²) in [5, 5.41) is 9.65. The standard InChI is InChI=1S/C14H16BrN3O/c1-9-12(8-16-18-9)13(19)17-14(2,3)10-4-6-11(15)7-5-10/h4-8H,1-3H3,(H,16,18)(H,17,19). The van der Waals surface area contributed by atoms with Crippen LogP contribution in [0.3, 0.4) is 0 Å². The van der Waals surface area contributed by atoms with E-state index in [2.05, 4.69) is 31.4 Å². The van der Waals surface area contributed by atoms with Crippen molar-refractivity contribution in [3.05, 3.63) is 51.8 Å². The van der Waals surface area contributed by atoms with Crippen LogP contribution in [-0.4, -0.2) is 16.1 Å². The third kappa shape index (κ3) is 3.04. The zero-order chi connectivity index (χ0) is 14.0. The number of nitrogens with zero attached hydrogens (tertiary/aromatic N) is 1. The number of carbonyl (C=O) groups excluding carboxylic acids is 1. The number of aryl methyl sites for hydroxylation is 1. The van der Waals surface area contributed by atoms with E-state index < -0.39 is 5.54 Å². The molecule has 0 radical (unpaired) electrons. The van der Waals surface area contributed by atoms with Crippen LogP contribution in [0.2, 0.25) is 0 Å². The number of aromatic amines is 1. The van der Waals surface area contributed by atoms with Crippen molar-refractivity contribution in [2.75, 3.05) is 0 Å². The lowest BCUT2D eigenvalue weighted by Crippen LogP contribution is -2.41. The average molecular weight is 322 g/mol. The lowest BCUT2D eigenvalue weighted by molar-refractivity contribution is 0.0911. The van der Waals surface area contributed by atoms with Crippen LogP contribution in [0.5, 0.6) is 0 Å². The second-order valence-electron chi connectivity index (χ2n) is 4.99. The first-order valence-corrected chi connectivity index (χ1v) is 6.78. The highest BCUT2D eigenvalue weighted by molar-refractivity contribution is 9.10. The Labute approximate surface area is 120 Å². The number of amides is 1. The Morgan fingerprint density at radius 3 is 2.47 bits per heavy atom. The molecule has 2 N–H and O–H groups in total. The molecule has 0 aliphatic rings. The third-order valence-electron chi connectivity index (χ3n) is 3.07. The predicted molar refractivity (Wildman–Crippen MR) is 78.0 cm³/mol. The molecule has 0 unspecified atom stereocenters. The van der Waals surface area contributed by atoms with Gasteiger partial charge in [0, 0.05) is 10.2 Å². The highest BCUT2D eigenvalue weighted by Crippen LogP contribution is 2.22. The van der Waals surface area contributed by atoms with Crippen LogP contribution in [0.4, 0.5) is 0 Å². The molecule has 2 aromatic rings. The molecule has 4 nitrogen and oxygen atoms in total. The van der Waals surface area contributed by atoms with Gasteiger partial charge in [0.25, 0.3) is 5.91 Å². The van der Waals surface area contributed by atoms with Gasteiger partial charge in [-0.15, -0.1) is 0 Å². The highest BCUT2D eigenvalue weighted by Gasteiger charge is 2.24. The number of H-pyrrole nitrogens is 1. The Morgan fingerprint density at radius 2 is 1.95 bits per heavy atom. The maximum Gasteiger partial charge on any atom is 0.255 e. The molecular weight excluding hydrogens is 306 g/mol. The largest absolute Gasteiger partial charge is 0.343 e. The van der Waals surface area contributed by atoms with Gasteiger partial charge in [-0.25, -0.2) is 0 Å². The van der Waals surface area contributed by atoms with Gasteiger partial charge in [-0.05, 0) is 38.5 Å². The number of benzene rings is 1. The van der Waals surface area contributed by atoms with E-state index in [0.29, 0.717) is 5.56 Å². The number of nitrogens with one attached hydrogen (secondary N) is 2. The van der Waals surface area contributed by atoms with E-state index in [-0.39, 0.29) is 5.91 Å². The minimum absolute atomic E-state index is 0.126. The quantitative estimate of drug-likeness (QED) is 0.912. The minimum Gasteiger partial charge on any atom is -0.343 e. The van der Waals surface area contributed by atoms with Gasteiger partial charge in [0.2, 0.25) is 0 Å². The van der Waals surface area contributed by atoms with Gasteiger partial charge in [-0.1, -0.05) is 28.1 Å². The zero-order valence-electron chi connectivity index (χ0n) is 11.1. The van der Waals surface area contributed by atoms with E-state index in [1.165, 1.54) is 0 Å². The average Bonchev–Trinajstić information content (AvgIpc) is 2.75. The van der Waals surface area contributed by atoms with E-state index in [4.69, 9.17) is 0 Å². The van der Waals surface area contributed by atoms with Crippen LogP contribution >= 0.6 is 15.9 Å². The second-order valence-corrected chi connectivity index (χ2v) is 5.91. The van der Waals surface area contributed by atoms with Gasteiger partial charge in [0.05, 0.1) is 17.3 Å². The molecule has 0 atom stereocenters. The summed E-state index contributed by atoms with van der Waals surface area (Å²) in [4.78, 5) is 12.2. The number of aromatic nitrogens is 2. The van der Waals surface area contributed by atoms with Gasteiger partial charge < -0.3 is 5.32 Å². The Morgan fingerprint density at radius 1 is 1.32 bits per heavy atom. The van der Waals surface area contributed by atoms with Crippen molar-refractivity contribution in [1.82, 2.24) is 15.5 Å². The summed E-state index contributed by atoms with van der Waals surface area (Å²) >= 11 is 3.40. The predicted octanol–water partition coefficient (Wildman–Crippen LogP) is 3.15. The van der Waals surface area contributed by atoms with E-state index in [1.807, 2.05) is 45.0 Å². The van der Waals surface area contributed by atoms with Crippen molar-refractivity contribution in [3.63, 3.8) is 0 Å². The van der Waals surface area contributed by atoms with Crippen LogP contribution in [0.25, 0.3) is 0 Å². The molecule has 1 heterocycles. The van der Waals surface area contributed by atoms with Crippen molar-refractivity contribution in [1.29, 1.82) is 0 Å². The molecule has 100 valence electrons. The monoisotopic (exact) mass is 321 g/mol. The Kier molecular flexibility index (Phi) is 3.75. The van der Waals surface area contributed by atoms with E-state index in [1.54, 1.807) is 6.20 Å². The van der Waals surface area contributed by atoms with Crippen LogP contribution in [0.1, 0.15) is 35.5 Å². The summed E-state index contributed by atoms with van der Waals surface area (Å²) in [6, 6.07) is 7.91. The molecule has 0 aliphatic heterocycles. The van der Waals surface area contributed by atoms with Gasteiger partial charge in [-0.3, -0.25) is 9.89 Å². The second kappa shape index (κ2) is 5.17. The first-order valence-electron chi connectivity index (χ1n) is 5.98. The van der Waals surface area contributed by atoms with E-state index in [0.717, 1.165) is 15.7 Å². The molecule has 2 rings (SSSR count). The number of carbonyl (C=O) groups is 1. The summed E-state index contributed by atoms with van der Waals surface area (Å²) in [7, 11) is 0. The van der Waals surface area contributed by atoms with Crippen molar-refractivity contribution in [2.24, 2.45) is 0 Å². The van der Waals surface area contributed by atoms with Crippen molar-refractivity contribution in [2.45, 2.75) is 26.3 Å². The summed E-state index contributed by atoms with van der Waals surface area (Å²) in [5.74, 6) is -0.126. The zero-order valence-corrected chi connectivity index (χ0v) is 12.7. The Hall–Kier alpha value is -1.62. The van der Waals surface area contributed by atoms with Gasteiger partial charge in [0.1, 0.15) is 0 Å². The van der Waals surface area contributed by atoms with Crippen molar-refractivity contribution >= 4 is 21.8 Å². The molecule has 1 amide bonds. The summed E-state index contributed by atoms with van der Waals surface area (Å²) in [5.41, 5.74) is 1.95. The topological polar surface area (TPSA) is 57.8 Å². The summed E-state index contributed by atoms with van der Waals surface area (Å²) < 4.78 is 1.02. The smallest absolute Gasteiger partial charge is 0.255 e. The van der Waals surface area contributed by atoms with E-state index >= 15 is 0 Å². The van der Waals surface area contributed by atoms with Gasteiger partial charge in [0.15, 0.2) is 0 Å². The van der Waals surface area contributed by atoms with Crippen molar-refractivity contribution in [3.8, 4) is 0 Å². The maximum atomic E-state index is 12.2. The van der Waals surface area contributed by atoms with Crippen LogP contribution in [0.15, 0.2) is 34.9 Å². The Bertz CT molecular complexity index is 587. The fourth-order valence-corrected chi connectivity index (χ4v) is 2.13. The lowest BCUT2D eigenvalue weighted by atomic mass is 9.94. The molecule has 1 aromatic heterocycles. The van der Waals surface area contributed by atoms with Crippen LogP contribution < -0.4 is 5.32 Å². The maximum absolute atomic E-state index is 12.2. The van der Waals surface area contributed by atoms with Crippen LogP contribution in [0, 0.1) is 6.92 Å². The number of hydrogen-bond acceptors (Lipinski definition) is 2. The molecular formula is C14H16BrN3O. The first kappa shape index (κ1) is 13.8. The van der Waals surface area contributed by atoms with Crippen LogP contribution in [-0.2, 0) is 5.54 Å². The fourth-order valence-electron chi connectivity index (χ4n) is 1.87. The lowest BCUT2D eigenvalue weighted by Gasteiger charge is -2.27. The highest BCUT2D eigenvalue weighted by atomic mass is 79.9. The summed E-state index contributed by atoms with van der Waals surface area (Å²) in [6.45, 7) is 5.78. The minimum atomic E-state index is -0.443. The third-order valence-corrected chi connectivity index (χ3v) is 3.60. The molecule has 0 saturated heterocycles. The number of rotatable bonds is 3. The first-order chi connectivity index (χ1) is 8.90. The SMILES string of the molecule is Cc1[nH]ncc1C(=O)NC(C)(C)c1ccc(Br)cc1. The van der Waals surface area contributed by atoms with Gasteiger partial charge >= 0.3 is 0 Å². The molecule has 1 aromatic carbocycles. The Balaban J connectivity index is 2.19. The molecule has 0 fully saturated rings. The molecule has 19 heavy (non-hydrogen) atoms. The molecule has 5 heteroatoms. The molecule has 0 aliphatic carbocycles. The van der Waals surface area contributed by atoms with Gasteiger partial charge in [-0.2, -0.15) is 5.10 Å². The summed E-state index contributed by atoms with van der Waals surface area (Å²) in [6.07, 6.45) is 1.54. The fraction of sp³-hybridized carbons (Fsp3) is 0.286. The molecule has 0 spiro atoms.